The van der Waals surface area contributed by atoms with Crippen LogP contribution in [0.1, 0.15) is 42.4 Å². The third-order valence-electron chi connectivity index (χ3n) is 6.81. The Morgan fingerprint density at radius 3 is 2.42 bits per heavy atom. The summed E-state index contributed by atoms with van der Waals surface area (Å²) in [6.45, 7) is 7.89. The fourth-order valence-electron chi connectivity index (χ4n) is 4.67. The van der Waals surface area contributed by atoms with Crippen molar-refractivity contribution in [3.63, 3.8) is 0 Å². The van der Waals surface area contributed by atoms with Crippen molar-refractivity contribution in [2.45, 2.75) is 44.7 Å². The molecule has 0 saturated carbocycles. The highest BCUT2D eigenvalue weighted by Crippen LogP contribution is 2.47. The van der Waals surface area contributed by atoms with Crippen molar-refractivity contribution in [2.24, 2.45) is 5.92 Å². The Morgan fingerprint density at radius 1 is 1.11 bits per heavy atom. The second kappa shape index (κ2) is 10.4. The third-order valence-corrected chi connectivity index (χ3v) is 6.81. The van der Waals surface area contributed by atoms with E-state index in [0.29, 0.717) is 17.7 Å². The molecule has 0 amide bonds. The highest BCUT2D eigenvalue weighted by molar-refractivity contribution is 5.89. The minimum atomic E-state index is -1.33. The van der Waals surface area contributed by atoms with Gasteiger partial charge in [0.1, 0.15) is 5.75 Å². The van der Waals surface area contributed by atoms with Crippen LogP contribution in [0.3, 0.4) is 0 Å². The molecule has 1 saturated heterocycles. The summed E-state index contributed by atoms with van der Waals surface area (Å²) < 4.78 is 20.0. The molecule has 0 unspecified atom stereocenters. The molecule has 1 aliphatic heterocycles. The average Bonchev–Trinajstić information content (AvgIpc) is 3.18. The van der Waals surface area contributed by atoms with Gasteiger partial charge in [0.15, 0.2) is 11.8 Å². The van der Waals surface area contributed by atoms with Gasteiger partial charge in [-0.25, -0.2) is 9.59 Å². The zero-order chi connectivity index (χ0) is 25.9. The summed E-state index contributed by atoms with van der Waals surface area (Å²) in [5.74, 6) is -0.176. The quantitative estimate of drug-likeness (QED) is 0.353. The maximum absolute atomic E-state index is 13.6. The van der Waals surface area contributed by atoms with Crippen LogP contribution in [0.5, 0.6) is 5.75 Å². The van der Waals surface area contributed by atoms with E-state index in [0.717, 1.165) is 10.1 Å². The van der Waals surface area contributed by atoms with Crippen LogP contribution in [0.4, 0.5) is 0 Å². The Bertz CT molecular complexity index is 1340. The SMILES string of the molecule is C=C[C@@]1(OC(=O)c2ccccc2)[C@H](C)[C@@H](CC)O[C@H]1n1ccc(=O)n(Cc2ccc(OC)cc2)c1=O. The van der Waals surface area contributed by atoms with Crippen LogP contribution >= 0.6 is 0 Å². The second-order valence-electron chi connectivity index (χ2n) is 8.82. The number of methoxy groups -OCH3 is 1. The molecule has 2 heterocycles. The average molecular weight is 491 g/mol. The Balaban J connectivity index is 1.76. The molecule has 3 aromatic rings. The van der Waals surface area contributed by atoms with Crippen LogP contribution in [-0.2, 0) is 16.0 Å². The van der Waals surface area contributed by atoms with Crippen LogP contribution < -0.4 is 16.0 Å². The van der Waals surface area contributed by atoms with E-state index < -0.39 is 29.0 Å². The van der Waals surface area contributed by atoms with E-state index >= 15 is 0 Å². The number of nitrogens with zero attached hydrogens (tertiary/aromatic N) is 2. The first kappa shape index (κ1) is 25.2. The first-order chi connectivity index (χ1) is 17.3. The van der Waals surface area contributed by atoms with Crippen molar-refractivity contribution in [1.29, 1.82) is 0 Å². The van der Waals surface area contributed by atoms with Crippen molar-refractivity contribution in [1.82, 2.24) is 9.13 Å². The minimum absolute atomic E-state index is 0.0624. The molecular weight excluding hydrogens is 460 g/mol. The second-order valence-corrected chi connectivity index (χ2v) is 8.82. The third kappa shape index (κ3) is 4.52. The number of carbonyl (C=O) groups excluding carboxylic acids is 1. The van der Waals surface area contributed by atoms with Crippen molar-refractivity contribution < 1.29 is 19.0 Å². The molecule has 0 aliphatic carbocycles. The Kier molecular flexibility index (Phi) is 7.26. The zero-order valence-corrected chi connectivity index (χ0v) is 20.6. The smallest absolute Gasteiger partial charge is 0.339 e. The molecule has 8 heteroatoms. The molecular formula is C28H30N2O6. The summed E-state index contributed by atoms with van der Waals surface area (Å²) in [5, 5.41) is 0. The predicted molar refractivity (Wildman–Crippen MR) is 135 cm³/mol. The number of benzene rings is 2. The van der Waals surface area contributed by atoms with Gasteiger partial charge in [0.05, 0.1) is 25.3 Å². The largest absolute Gasteiger partial charge is 0.497 e. The molecule has 188 valence electrons. The standard InChI is InChI=1S/C28H30N2O6/c1-5-23-19(3)28(6-2,36-25(32)21-10-8-7-9-11-21)26(35-23)29-17-16-24(31)30(27(29)33)18-20-12-14-22(34-4)15-13-20/h6-17,19,23,26H,2,5,18H2,1,3-4H3/t19-,23-,26-,28-/m1/s1. The summed E-state index contributed by atoms with van der Waals surface area (Å²) >= 11 is 0. The number of esters is 1. The molecule has 8 nitrogen and oxygen atoms in total. The number of aromatic nitrogens is 2. The summed E-state index contributed by atoms with van der Waals surface area (Å²) in [6, 6.07) is 17.0. The molecule has 0 N–H and O–H groups in total. The summed E-state index contributed by atoms with van der Waals surface area (Å²) in [6.07, 6.45) is 2.25. The van der Waals surface area contributed by atoms with E-state index in [4.69, 9.17) is 14.2 Å². The highest BCUT2D eigenvalue weighted by Gasteiger charge is 2.56. The van der Waals surface area contributed by atoms with E-state index in [-0.39, 0.29) is 18.6 Å². The minimum Gasteiger partial charge on any atom is -0.497 e. The van der Waals surface area contributed by atoms with Gasteiger partial charge >= 0.3 is 11.7 Å². The van der Waals surface area contributed by atoms with Gasteiger partial charge in [-0.05, 0) is 42.3 Å². The lowest BCUT2D eigenvalue weighted by Crippen LogP contribution is -2.49. The Labute approximate surface area is 209 Å². The first-order valence-corrected chi connectivity index (χ1v) is 11.9. The van der Waals surface area contributed by atoms with Crippen molar-refractivity contribution in [2.75, 3.05) is 7.11 Å². The zero-order valence-electron chi connectivity index (χ0n) is 20.6. The fraction of sp³-hybridized carbons (Fsp3) is 0.321. The molecule has 1 aromatic heterocycles. The van der Waals surface area contributed by atoms with Crippen LogP contribution in [0.2, 0.25) is 0 Å². The van der Waals surface area contributed by atoms with E-state index in [1.54, 1.807) is 55.6 Å². The van der Waals surface area contributed by atoms with Gasteiger partial charge in [0.2, 0.25) is 0 Å². The maximum Gasteiger partial charge on any atom is 0.339 e. The number of hydrogen-bond donors (Lipinski definition) is 0. The molecule has 4 rings (SSSR count). The fourth-order valence-corrected chi connectivity index (χ4v) is 4.67. The molecule has 2 aromatic carbocycles. The topological polar surface area (TPSA) is 88.8 Å². The lowest BCUT2D eigenvalue weighted by Gasteiger charge is -2.34. The number of rotatable bonds is 8. The lowest BCUT2D eigenvalue weighted by molar-refractivity contribution is -0.0840. The summed E-state index contributed by atoms with van der Waals surface area (Å²) in [4.78, 5) is 39.4. The highest BCUT2D eigenvalue weighted by atomic mass is 16.6. The predicted octanol–water partition coefficient (Wildman–Crippen LogP) is 3.79. The molecule has 4 atom stereocenters. The van der Waals surface area contributed by atoms with Crippen LogP contribution in [0, 0.1) is 5.92 Å². The van der Waals surface area contributed by atoms with Gasteiger partial charge < -0.3 is 14.2 Å². The van der Waals surface area contributed by atoms with E-state index in [9.17, 15) is 14.4 Å². The molecule has 1 fully saturated rings. The number of hydrogen-bond acceptors (Lipinski definition) is 6. The van der Waals surface area contributed by atoms with Gasteiger partial charge in [0, 0.05) is 18.2 Å². The summed E-state index contributed by atoms with van der Waals surface area (Å²) in [5.41, 5.74) is -1.23. The normalized spacial score (nSPS) is 23.2. The van der Waals surface area contributed by atoms with Crippen LogP contribution in [0.15, 0.2) is 89.1 Å². The first-order valence-electron chi connectivity index (χ1n) is 11.9. The number of carbonyl (C=O) groups is 1. The monoisotopic (exact) mass is 490 g/mol. The number of ether oxygens (including phenoxy) is 3. The maximum atomic E-state index is 13.6. The molecule has 0 radical (unpaired) electrons. The van der Waals surface area contributed by atoms with Crippen molar-refractivity contribution >= 4 is 5.97 Å². The van der Waals surface area contributed by atoms with Crippen LogP contribution in [-0.4, -0.2) is 33.9 Å². The van der Waals surface area contributed by atoms with E-state index in [1.165, 1.54) is 22.9 Å². The van der Waals surface area contributed by atoms with Gasteiger partial charge in [-0.15, -0.1) is 0 Å². The van der Waals surface area contributed by atoms with Gasteiger partial charge in [-0.2, -0.15) is 0 Å². The molecule has 0 bridgehead atoms. The van der Waals surface area contributed by atoms with Gasteiger partial charge in [-0.1, -0.05) is 50.8 Å². The van der Waals surface area contributed by atoms with E-state index in [2.05, 4.69) is 6.58 Å². The molecule has 0 spiro atoms. The van der Waals surface area contributed by atoms with E-state index in [1.807, 2.05) is 19.9 Å². The van der Waals surface area contributed by atoms with Crippen molar-refractivity contribution in [3.05, 3.63) is 111 Å². The van der Waals surface area contributed by atoms with Crippen molar-refractivity contribution in [3.8, 4) is 5.75 Å². The Hall–Kier alpha value is -3.91. The van der Waals surface area contributed by atoms with Gasteiger partial charge in [0.25, 0.3) is 5.56 Å². The summed E-state index contributed by atoms with van der Waals surface area (Å²) in [7, 11) is 1.57. The lowest BCUT2D eigenvalue weighted by atomic mass is 9.85. The molecule has 36 heavy (non-hydrogen) atoms. The molecule has 1 aliphatic rings. The van der Waals surface area contributed by atoms with Crippen LogP contribution in [0.25, 0.3) is 0 Å². The Morgan fingerprint density at radius 2 is 1.81 bits per heavy atom. The van der Waals surface area contributed by atoms with Gasteiger partial charge in [-0.3, -0.25) is 13.9 Å².